The summed E-state index contributed by atoms with van der Waals surface area (Å²) in [7, 11) is 0. The molecule has 0 aliphatic carbocycles. The Morgan fingerprint density at radius 2 is 0.647 bits per heavy atom. The number of fused-ring (bicyclic) bond motifs is 12. The lowest BCUT2D eigenvalue weighted by Crippen LogP contribution is -2.01. The third-order valence-electron chi connectivity index (χ3n) is 18.5. The number of para-hydroxylation sites is 9. The molecule has 21 aromatic rings. The van der Waals surface area contributed by atoms with Gasteiger partial charge in [0.1, 0.15) is 38.4 Å². The molecule has 0 N–H and O–H groups in total. The van der Waals surface area contributed by atoms with Gasteiger partial charge in [-0.1, -0.05) is 218 Å². The van der Waals surface area contributed by atoms with Crippen LogP contribution in [-0.4, -0.2) is 49.4 Å². The largest absolute Gasteiger partial charge is 0.455 e. The molecule has 0 fully saturated rings. The number of oxazole rings is 2. The summed E-state index contributed by atoms with van der Waals surface area (Å²) in [6.45, 7) is 0. The van der Waals surface area contributed by atoms with E-state index in [0.717, 1.165) is 137 Å². The van der Waals surface area contributed by atoms with Crippen molar-refractivity contribution < 1.29 is 17.7 Å². The van der Waals surface area contributed by atoms with Crippen LogP contribution in [0.15, 0.2) is 321 Å². The molecule has 0 bridgehead atoms. The first-order valence-corrected chi connectivity index (χ1v) is 34.1. The minimum absolute atomic E-state index is 0.509. The van der Waals surface area contributed by atoms with E-state index in [4.69, 9.17) is 62.5 Å². The zero-order chi connectivity index (χ0) is 67.2. The molecule has 0 saturated heterocycles. The van der Waals surface area contributed by atoms with Crippen LogP contribution >= 0.6 is 11.3 Å². The van der Waals surface area contributed by atoms with E-state index in [1.807, 2.05) is 188 Å². The van der Waals surface area contributed by atoms with Gasteiger partial charge in [-0.3, -0.25) is 0 Å². The second kappa shape index (κ2) is 24.0. The third-order valence-corrected chi connectivity index (χ3v) is 19.6. The number of benzene rings is 13. The highest BCUT2D eigenvalue weighted by Crippen LogP contribution is 2.44. The van der Waals surface area contributed by atoms with Crippen molar-refractivity contribution in [3.63, 3.8) is 0 Å². The van der Waals surface area contributed by atoms with Crippen molar-refractivity contribution in [1.29, 1.82) is 0 Å². The van der Waals surface area contributed by atoms with Crippen LogP contribution in [0.2, 0.25) is 0 Å². The Morgan fingerprint density at radius 1 is 0.255 bits per heavy atom. The molecule has 0 radical (unpaired) electrons. The maximum Gasteiger partial charge on any atom is 0.231 e. The molecular formula is C87H50N10O4S. The van der Waals surface area contributed by atoms with E-state index in [1.54, 1.807) is 11.3 Å². The molecule has 102 heavy (non-hydrogen) atoms. The van der Waals surface area contributed by atoms with Crippen LogP contribution in [0.3, 0.4) is 0 Å². The normalized spacial score (nSPS) is 11.7. The lowest BCUT2D eigenvalue weighted by Gasteiger charge is -2.12. The van der Waals surface area contributed by atoms with E-state index in [2.05, 4.69) is 120 Å². The van der Waals surface area contributed by atoms with Crippen molar-refractivity contribution in [3.8, 4) is 107 Å². The average Bonchev–Trinajstić information content (AvgIpc) is 1.60. The lowest BCUT2D eigenvalue weighted by molar-refractivity contribution is 0.614. The van der Waals surface area contributed by atoms with E-state index in [0.29, 0.717) is 57.9 Å². The minimum atomic E-state index is 0.509. The average molecular weight is 1330 g/mol. The van der Waals surface area contributed by atoms with Gasteiger partial charge in [0.2, 0.25) is 11.8 Å². The molecule has 8 aromatic heterocycles. The van der Waals surface area contributed by atoms with Crippen LogP contribution in [0.1, 0.15) is 0 Å². The Balaban J connectivity index is 0.000000137. The smallest absolute Gasteiger partial charge is 0.231 e. The number of furan rings is 2. The summed E-state index contributed by atoms with van der Waals surface area (Å²) in [6, 6.07) is 102. The van der Waals surface area contributed by atoms with Crippen molar-refractivity contribution in [2.24, 2.45) is 0 Å². The zero-order valence-corrected chi connectivity index (χ0v) is 54.7. The first-order valence-electron chi connectivity index (χ1n) is 33.3. The van der Waals surface area contributed by atoms with E-state index in [-0.39, 0.29) is 0 Å². The molecule has 0 saturated carbocycles. The standard InChI is InChI=1S/C46H27N5O2.C41H23N5O2S/c1-2-13-28(14-3-1)43-48-44(29-15-10-16-30(27-29)51-37-23-7-4-17-31(37)32-18-5-8-24-38(32)51)50-45(49-43)34-20-12-26-40-41(34)33-19-11-21-35(42(33)52-40)46-47-36-22-6-9-25-39(36)53-46;1-2-10-24(11-3-1)37-44-38(25-20-22-26(23-21-25)41-43-31-16-5-7-19-34(31)49-41)46-39(45-37)28-13-9-18-33-35(28)27-12-8-14-29(36(27)47-33)40-42-30-15-4-6-17-32(30)48-40/h1-27H;1-23H. The molecule has 0 aliphatic rings. The maximum atomic E-state index is 6.58. The van der Waals surface area contributed by atoms with Gasteiger partial charge >= 0.3 is 0 Å². The number of hydrogen-bond donors (Lipinski definition) is 0. The topological polar surface area (TPSA) is 174 Å². The summed E-state index contributed by atoms with van der Waals surface area (Å²) in [5.74, 6) is 4.46. The van der Waals surface area contributed by atoms with Crippen LogP contribution in [-0.2, 0) is 0 Å². The molecule has 0 atom stereocenters. The highest BCUT2D eigenvalue weighted by atomic mass is 32.1. The first-order chi connectivity index (χ1) is 50.5. The second-order valence-electron chi connectivity index (χ2n) is 24.7. The Labute approximate surface area is 583 Å². The summed E-state index contributed by atoms with van der Waals surface area (Å²) in [5, 5.41) is 7.07. The molecule has 14 nitrogen and oxygen atoms in total. The summed E-state index contributed by atoms with van der Waals surface area (Å²) in [6.07, 6.45) is 0. The number of aromatic nitrogens is 10. The number of hydrogen-bond acceptors (Lipinski definition) is 14. The van der Waals surface area contributed by atoms with Crippen molar-refractivity contribution in [3.05, 3.63) is 303 Å². The third kappa shape index (κ3) is 10.1. The number of thiazole rings is 1. The predicted octanol–water partition coefficient (Wildman–Crippen LogP) is 22.5. The number of nitrogens with zero attached hydrogens (tertiary/aromatic N) is 10. The first kappa shape index (κ1) is 58.3. The van der Waals surface area contributed by atoms with Crippen LogP contribution < -0.4 is 0 Å². The van der Waals surface area contributed by atoms with Gasteiger partial charge in [-0.25, -0.2) is 44.9 Å². The summed E-state index contributed by atoms with van der Waals surface area (Å²) in [5.41, 5.74) is 18.1. The van der Waals surface area contributed by atoms with E-state index >= 15 is 0 Å². The predicted molar refractivity (Wildman–Crippen MR) is 406 cm³/mol. The molecule has 13 aromatic carbocycles. The van der Waals surface area contributed by atoms with Crippen molar-refractivity contribution >= 4 is 109 Å². The molecule has 0 aliphatic heterocycles. The van der Waals surface area contributed by atoms with Gasteiger partial charge in [0, 0.05) is 76.9 Å². The van der Waals surface area contributed by atoms with E-state index in [1.165, 1.54) is 10.8 Å². The van der Waals surface area contributed by atoms with Crippen LogP contribution in [0.25, 0.3) is 206 Å². The van der Waals surface area contributed by atoms with Gasteiger partial charge in [-0.2, -0.15) is 0 Å². The molecule has 0 amide bonds. The Morgan fingerprint density at radius 3 is 1.18 bits per heavy atom. The maximum absolute atomic E-state index is 6.58. The minimum Gasteiger partial charge on any atom is -0.455 e. The summed E-state index contributed by atoms with van der Waals surface area (Å²) < 4.78 is 28.9. The number of rotatable bonds is 10. The highest BCUT2D eigenvalue weighted by molar-refractivity contribution is 7.21. The van der Waals surface area contributed by atoms with E-state index < -0.39 is 0 Å². The van der Waals surface area contributed by atoms with Gasteiger partial charge in [-0.05, 0) is 84.9 Å². The van der Waals surface area contributed by atoms with Crippen molar-refractivity contribution in [2.75, 3.05) is 0 Å². The second-order valence-corrected chi connectivity index (χ2v) is 25.8. The molecule has 478 valence electrons. The van der Waals surface area contributed by atoms with Crippen LogP contribution in [0.4, 0.5) is 0 Å². The van der Waals surface area contributed by atoms with Crippen molar-refractivity contribution in [1.82, 2.24) is 49.4 Å². The Kier molecular flexibility index (Phi) is 13.7. The summed E-state index contributed by atoms with van der Waals surface area (Å²) >= 11 is 1.68. The fourth-order valence-corrected chi connectivity index (χ4v) is 14.8. The van der Waals surface area contributed by atoms with Gasteiger partial charge in [-0.15, -0.1) is 11.3 Å². The fourth-order valence-electron chi connectivity index (χ4n) is 13.8. The Bertz CT molecular complexity index is 6700. The van der Waals surface area contributed by atoms with E-state index in [9.17, 15) is 0 Å². The SMILES string of the molecule is c1ccc(-c2nc(-c3ccc(-c4nc5ccccc5s4)cc3)nc(-c3cccc4oc5c(-c6nc7ccccc7o6)cccc5c34)n2)cc1.c1ccc(-c2nc(-c3cccc(-n4c5ccccc5c5ccccc54)c3)nc(-c3cccc4oc5c(-c6nc7ccccc7o6)cccc5c34)n2)cc1. The fraction of sp³-hybridized carbons (Fsp3) is 0. The quantitative estimate of drug-likeness (QED) is 0.127. The Hall–Kier alpha value is -13.9. The lowest BCUT2D eigenvalue weighted by atomic mass is 10.0. The van der Waals surface area contributed by atoms with Crippen molar-refractivity contribution in [2.45, 2.75) is 0 Å². The monoisotopic (exact) mass is 1330 g/mol. The van der Waals surface area contributed by atoms with Gasteiger partial charge in [0.15, 0.2) is 46.1 Å². The van der Waals surface area contributed by atoms with Crippen LogP contribution in [0, 0.1) is 0 Å². The molecule has 15 heteroatoms. The van der Waals surface area contributed by atoms with Crippen LogP contribution in [0.5, 0.6) is 0 Å². The van der Waals surface area contributed by atoms with Gasteiger partial charge in [0.25, 0.3) is 0 Å². The highest BCUT2D eigenvalue weighted by Gasteiger charge is 2.25. The molecule has 8 heterocycles. The molecular weight excluding hydrogens is 1280 g/mol. The molecule has 0 spiro atoms. The zero-order valence-electron chi connectivity index (χ0n) is 53.9. The molecule has 0 unspecified atom stereocenters. The summed E-state index contributed by atoms with van der Waals surface area (Å²) in [4.78, 5) is 44.8. The van der Waals surface area contributed by atoms with Gasteiger partial charge in [0.05, 0.1) is 32.4 Å². The molecule has 21 rings (SSSR count). The van der Waals surface area contributed by atoms with Gasteiger partial charge < -0.3 is 22.2 Å².